The topological polar surface area (TPSA) is 79.6 Å². The van der Waals surface area contributed by atoms with E-state index in [1.165, 1.54) is 0 Å². The lowest BCUT2D eigenvalue weighted by Gasteiger charge is -2.07. The first-order valence-electron chi connectivity index (χ1n) is 5.40. The molecule has 2 rings (SSSR count). The van der Waals surface area contributed by atoms with Crippen LogP contribution in [-0.4, -0.2) is 21.5 Å². The highest BCUT2D eigenvalue weighted by Gasteiger charge is 2.01. The maximum absolute atomic E-state index is 5.79. The van der Waals surface area contributed by atoms with Crippen LogP contribution in [0.1, 0.15) is 12.2 Å². The summed E-state index contributed by atoms with van der Waals surface area (Å²) >= 11 is 5.79. The lowest BCUT2D eigenvalue weighted by molar-refractivity contribution is 0.814. The summed E-state index contributed by atoms with van der Waals surface area (Å²) in [6.45, 7) is 0.776. The van der Waals surface area contributed by atoms with Crippen LogP contribution in [0.25, 0.3) is 0 Å². The molecule has 0 amide bonds. The van der Waals surface area contributed by atoms with Crippen molar-refractivity contribution >= 4 is 23.1 Å². The predicted octanol–water partition coefficient (Wildman–Crippen LogP) is 2.08. The SMILES string of the molecule is Nc1ccc(Cl)nc1NCCCc1ncc[nH]1. The van der Waals surface area contributed by atoms with E-state index in [9.17, 15) is 0 Å². The summed E-state index contributed by atoms with van der Waals surface area (Å²) in [5.74, 6) is 1.62. The van der Waals surface area contributed by atoms with E-state index in [1.54, 1.807) is 18.3 Å². The van der Waals surface area contributed by atoms with Crippen molar-refractivity contribution in [3.8, 4) is 0 Å². The second-order valence-corrected chi connectivity index (χ2v) is 4.03. The van der Waals surface area contributed by atoms with Crippen LogP contribution in [-0.2, 0) is 6.42 Å². The van der Waals surface area contributed by atoms with Crippen LogP contribution in [0, 0.1) is 0 Å². The quantitative estimate of drug-likeness (QED) is 0.562. The number of aromatic amines is 1. The molecule has 0 bridgehead atoms. The minimum atomic E-state index is 0.438. The third kappa shape index (κ3) is 3.35. The average Bonchev–Trinajstić information content (AvgIpc) is 2.82. The average molecular weight is 252 g/mol. The molecular weight excluding hydrogens is 238 g/mol. The molecule has 0 saturated heterocycles. The van der Waals surface area contributed by atoms with E-state index in [1.807, 2.05) is 6.20 Å². The molecule has 0 aliphatic heterocycles. The van der Waals surface area contributed by atoms with Gasteiger partial charge in [0.1, 0.15) is 11.0 Å². The van der Waals surface area contributed by atoms with Gasteiger partial charge in [-0.1, -0.05) is 11.6 Å². The minimum Gasteiger partial charge on any atom is -0.396 e. The molecule has 0 fully saturated rings. The van der Waals surface area contributed by atoms with Gasteiger partial charge >= 0.3 is 0 Å². The van der Waals surface area contributed by atoms with Gasteiger partial charge in [0.25, 0.3) is 0 Å². The maximum atomic E-state index is 5.79. The molecule has 5 nitrogen and oxygen atoms in total. The van der Waals surface area contributed by atoms with Gasteiger partial charge in [-0.05, 0) is 18.6 Å². The molecule has 2 aromatic heterocycles. The summed E-state index contributed by atoms with van der Waals surface area (Å²) in [7, 11) is 0. The second kappa shape index (κ2) is 5.54. The standard InChI is InChI=1S/C11H14ClN5/c12-9-4-3-8(13)11(17-9)16-5-1-2-10-14-6-7-15-10/h3-4,6-7H,1-2,5,13H2,(H,14,15)(H,16,17). The smallest absolute Gasteiger partial charge is 0.150 e. The van der Waals surface area contributed by atoms with E-state index in [2.05, 4.69) is 20.3 Å². The van der Waals surface area contributed by atoms with Crippen molar-refractivity contribution < 1.29 is 0 Å². The zero-order valence-electron chi connectivity index (χ0n) is 9.28. The van der Waals surface area contributed by atoms with Gasteiger partial charge in [-0.2, -0.15) is 0 Å². The van der Waals surface area contributed by atoms with Crippen LogP contribution < -0.4 is 11.1 Å². The zero-order chi connectivity index (χ0) is 12.1. The third-order valence-electron chi connectivity index (χ3n) is 2.33. The molecule has 17 heavy (non-hydrogen) atoms. The van der Waals surface area contributed by atoms with E-state index < -0.39 is 0 Å². The number of imidazole rings is 1. The van der Waals surface area contributed by atoms with E-state index in [0.717, 1.165) is 25.2 Å². The van der Waals surface area contributed by atoms with Gasteiger partial charge in [0.05, 0.1) is 5.69 Å². The number of nitrogen functional groups attached to an aromatic ring is 1. The molecule has 0 atom stereocenters. The Balaban J connectivity index is 1.80. The van der Waals surface area contributed by atoms with Crippen LogP contribution in [0.3, 0.4) is 0 Å². The number of rotatable bonds is 5. The lowest BCUT2D eigenvalue weighted by Crippen LogP contribution is -2.07. The molecule has 0 spiro atoms. The Kier molecular flexibility index (Phi) is 3.82. The number of hydrogen-bond acceptors (Lipinski definition) is 4. The molecule has 0 aromatic carbocycles. The summed E-state index contributed by atoms with van der Waals surface area (Å²) in [4.78, 5) is 11.3. The van der Waals surface area contributed by atoms with E-state index in [-0.39, 0.29) is 0 Å². The molecular formula is C11H14ClN5. The van der Waals surface area contributed by atoms with Gasteiger partial charge < -0.3 is 16.0 Å². The van der Waals surface area contributed by atoms with Crippen molar-refractivity contribution in [1.82, 2.24) is 15.0 Å². The number of anilines is 2. The Morgan fingerprint density at radius 3 is 3.06 bits per heavy atom. The fraction of sp³-hybridized carbons (Fsp3) is 0.273. The number of hydrogen-bond donors (Lipinski definition) is 3. The van der Waals surface area contributed by atoms with Gasteiger partial charge in [0, 0.05) is 25.4 Å². The van der Waals surface area contributed by atoms with Gasteiger partial charge in [-0.15, -0.1) is 0 Å². The Morgan fingerprint density at radius 1 is 1.41 bits per heavy atom. The lowest BCUT2D eigenvalue weighted by atomic mass is 10.3. The summed E-state index contributed by atoms with van der Waals surface area (Å²) in [5, 5.41) is 3.59. The summed E-state index contributed by atoms with van der Waals surface area (Å²) in [5.41, 5.74) is 6.37. The number of nitrogens with zero attached hydrogens (tertiary/aromatic N) is 2. The van der Waals surface area contributed by atoms with Gasteiger partial charge in [-0.25, -0.2) is 9.97 Å². The van der Waals surface area contributed by atoms with Crippen molar-refractivity contribution in [2.24, 2.45) is 0 Å². The van der Waals surface area contributed by atoms with Crippen molar-refractivity contribution in [2.75, 3.05) is 17.6 Å². The number of aryl methyl sites for hydroxylation is 1. The Morgan fingerprint density at radius 2 is 2.29 bits per heavy atom. The largest absolute Gasteiger partial charge is 0.396 e. The Labute approximate surface area is 104 Å². The van der Waals surface area contributed by atoms with Crippen LogP contribution in [0.15, 0.2) is 24.5 Å². The molecule has 0 saturated carbocycles. The number of H-pyrrole nitrogens is 1. The molecule has 2 heterocycles. The first-order valence-corrected chi connectivity index (χ1v) is 5.77. The van der Waals surface area contributed by atoms with Crippen molar-refractivity contribution in [3.63, 3.8) is 0 Å². The summed E-state index contributed by atoms with van der Waals surface area (Å²) in [6, 6.07) is 3.41. The second-order valence-electron chi connectivity index (χ2n) is 3.64. The number of nitrogens with one attached hydrogen (secondary N) is 2. The molecule has 0 aliphatic carbocycles. The van der Waals surface area contributed by atoms with Gasteiger partial charge in [0.15, 0.2) is 5.82 Å². The van der Waals surface area contributed by atoms with E-state index in [0.29, 0.717) is 16.7 Å². The van der Waals surface area contributed by atoms with Crippen LogP contribution in [0.2, 0.25) is 5.15 Å². The Hall–Kier alpha value is -1.75. The van der Waals surface area contributed by atoms with Gasteiger partial charge in [-0.3, -0.25) is 0 Å². The van der Waals surface area contributed by atoms with Gasteiger partial charge in [0.2, 0.25) is 0 Å². The molecule has 6 heteroatoms. The molecule has 0 unspecified atom stereocenters. The highest BCUT2D eigenvalue weighted by molar-refractivity contribution is 6.29. The molecule has 2 aromatic rings. The first-order chi connectivity index (χ1) is 8.25. The molecule has 4 N–H and O–H groups in total. The highest BCUT2D eigenvalue weighted by Crippen LogP contribution is 2.18. The predicted molar refractivity (Wildman–Crippen MR) is 69.1 cm³/mol. The molecule has 0 radical (unpaired) electrons. The molecule has 90 valence electrons. The number of halogens is 1. The Bertz CT molecular complexity index is 469. The maximum Gasteiger partial charge on any atom is 0.150 e. The molecule has 0 aliphatic rings. The van der Waals surface area contributed by atoms with Crippen molar-refractivity contribution in [1.29, 1.82) is 0 Å². The zero-order valence-corrected chi connectivity index (χ0v) is 10.0. The first kappa shape index (κ1) is 11.7. The summed E-state index contributed by atoms with van der Waals surface area (Å²) < 4.78 is 0. The van der Waals surface area contributed by atoms with Crippen molar-refractivity contribution in [3.05, 3.63) is 35.5 Å². The summed E-state index contributed by atoms with van der Waals surface area (Å²) in [6.07, 6.45) is 5.40. The highest BCUT2D eigenvalue weighted by atomic mass is 35.5. The van der Waals surface area contributed by atoms with E-state index in [4.69, 9.17) is 17.3 Å². The number of aromatic nitrogens is 3. The monoisotopic (exact) mass is 251 g/mol. The van der Waals surface area contributed by atoms with E-state index >= 15 is 0 Å². The van der Waals surface area contributed by atoms with Crippen LogP contribution >= 0.6 is 11.6 Å². The van der Waals surface area contributed by atoms with Crippen molar-refractivity contribution in [2.45, 2.75) is 12.8 Å². The normalized spacial score (nSPS) is 10.4. The van der Waals surface area contributed by atoms with Crippen LogP contribution in [0.5, 0.6) is 0 Å². The minimum absolute atomic E-state index is 0.438. The fourth-order valence-electron chi connectivity index (χ4n) is 1.49. The number of pyridine rings is 1. The third-order valence-corrected chi connectivity index (χ3v) is 2.54. The van der Waals surface area contributed by atoms with Crippen LogP contribution in [0.4, 0.5) is 11.5 Å². The fourth-order valence-corrected chi connectivity index (χ4v) is 1.63. The number of nitrogens with two attached hydrogens (primary N) is 1.